The molecule has 17 amide bonds. The summed E-state index contributed by atoms with van der Waals surface area (Å²) in [5.41, 5.74) is 26.6. The number of hydrogen-bond donors (Lipinski definition) is 18. The van der Waals surface area contributed by atoms with Crippen molar-refractivity contribution in [2.24, 2.45) is 28.9 Å². The first-order valence-corrected chi connectivity index (χ1v) is 44.8. The molecule has 6 aromatic rings. The molecule has 2 fully saturated rings. The molecule has 2 aliphatic rings. The van der Waals surface area contributed by atoms with Crippen molar-refractivity contribution in [2.45, 2.75) is 197 Å². The van der Waals surface area contributed by atoms with Crippen molar-refractivity contribution in [1.82, 2.24) is 97.6 Å². The third-order valence-corrected chi connectivity index (χ3v) is 23.9. The lowest BCUT2D eigenvalue weighted by atomic mass is 10.0. The standard InChI is InChI=1S/C86H120BrN23O18S/c1-9-11-21-68-86(128)109(29-10-2)43-73(115)97-58(25-27-88)77(119)105-66(76(118)95-41-71(91)113)44-129-45-74(116)99-63(33-49-23-24-69(111)55(87)32-49)83(125)107(7)48(5)75(117)102-65(37-70(90)112)85(127)110-30-16-22-67(110)81(123)101-61(36-52-40-92-46-96-52)80(122)103-62(31-47(3)4)82(124)106(6)42-72(114)98-60(34-50-38-93-56-19-14-12-17-53(50)56)79(121)100-59(26-28-89)78(120)104-64(84(126)108(68)8)35-51-39-94-57-20-15-13-18-54(51)57/h12-15,17-20,23-24,32,38-40,46-48,58-68,93-94,111H,9-11,16,21-22,25-31,33-37,41-45,88-89H2,1-8H3,(H2,90,112)(H2,91,113)(H,92,96)(H,95,118)(H,97,115)(H,98,114)(H,99,116)(H,100,121)(H,101,123)(H,102,117)(H,103,122)(H,104,120)(H,105,119)/t48-,58-,59-,60-,61-,62-,63-,64-,65-,66-,67-,68-/m0/s1. The Morgan fingerprint density at radius 2 is 1.13 bits per heavy atom. The number of likely N-dealkylation sites (N-methyl/N-ethyl adjacent to an activating group) is 3. The van der Waals surface area contributed by atoms with Crippen LogP contribution in [0.15, 0.2) is 96.1 Å². The van der Waals surface area contributed by atoms with Gasteiger partial charge in [0.25, 0.3) is 0 Å². The van der Waals surface area contributed by atoms with Gasteiger partial charge in [-0.25, -0.2) is 4.98 Å². The highest BCUT2D eigenvalue weighted by atomic mass is 79.9. The van der Waals surface area contributed by atoms with E-state index in [0.717, 1.165) is 26.5 Å². The second-order valence-electron chi connectivity index (χ2n) is 32.7. The smallest absolute Gasteiger partial charge is 0.246 e. The van der Waals surface area contributed by atoms with Gasteiger partial charge in [-0.05, 0) is 128 Å². The Kier molecular flexibility index (Phi) is 38.8. The van der Waals surface area contributed by atoms with Gasteiger partial charge in [-0.15, -0.1) is 11.8 Å². The fourth-order valence-electron chi connectivity index (χ4n) is 15.3. The van der Waals surface area contributed by atoms with Crippen molar-refractivity contribution in [2.75, 3.05) is 78.5 Å². The molecule has 129 heavy (non-hydrogen) atoms. The molecular weight excluding hydrogens is 1760 g/mol. The Bertz CT molecular complexity index is 4990. The second kappa shape index (κ2) is 49.2. The van der Waals surface area contributed by atoms with Crippen molar-refractivity contribution < 1.29 is 86.6 Å². The minimum Gasteiger partial charge on any atom is -0.507 e. The van der Waals surface area contributed by atoms with E-state index in [4.69, 9.17) is 22.9 Å². The number of rotatable bonds is 24. The quantitative estimate of drug-likeness (QED) is 0.0311. The van der Waals surface area contributed by atoms with Gasteiger partial charge in [-0.1, -0.05) is 83.0 Å². The van der Waals surface area contributed by atoms with Crippen molar-refractivity contribution >= 4 is 150 Å². The maximum absolute atomic E-state index is 15.6. The Morgan fingerprint density at radius 1 is 0.581 bits per heavy atom. The summed E-state index contributed by atoms with van der Waals surface area (Å²) in [6.07, 6.45) is 5.29. The zero-order valence-corrected chi connectivity index (χ0v) is 76.0. The summed E-state index contributed by atoms with van der Waals surface area (Å²) in [4.78, 5) is 266. The third kappa shape index (κ3) is 29.3. The first-order valence-electron chi connectivity index (χ1n) is 42.9. The number of aromatic hydroxyl groups is 1. The fraction of sp³-hybridized carbons (Fsp3) is 0.512. The van der Waals surface area contributed by atoms with Crippen LogP contribution < -0.4 is 76.1 Å². The van der Waals surface area contributed by atoms with Crippen molar-refractivity contribution in [3.63, 3.8) is 0 Å². The number of halogens is 1. The topological polar surface area (TPSA) is 611 Å². The Labute approximate surface area is 758 Å². The van der Waals surface area contributed by atoms with Gasteiger partial charge in [0.2, 0.25) is 100 Å². The first kappa shape index (κ1) is 102. The first-order chi connectivity index (χ1) is 61.4. The predicted octanol–water partition coefficient (Wildman–Crippen LogP) is -2.01. The Morgan fingerprint density at radius 3 is 1.73 bits per heavy atom. The summed E-state index contributed by atoms with van der Waals surface area (Å²) in [6.45, 7) is 5.77. The summed E-state index contributed by atoms with van der Waals surface area (Å²) < 4.78 is 0.209. The van der Waals surface area contributed by atoms with Crippen molar-refractivity contribution in [3.8, 4) is 5.75 Å². The monoisotopic (exact) mass is 1870 g/mol. The maximum atomic E-state index is 15.6. The van der Waals surface area contributed by atoms with Crippen molar-refractivity contribution in [3.05, 3.63) is 119 Å². The number of fused-ring (bicyclic) bond motifs is 3. The number of phenolic OH excluding ortho intramolecular Hbond substituents is 1. The van der Waals surface area contributed by atoms with Crippen LogP contribution in [0.2, 0.25) is 0 Å². The van der Waals surface area contributed by atoms with Crippen LogP contribution in [-0.4, -0.2) is 301 Å². The van der Waals surface area contributed by atoms with Gasteiger partial charge in [-0.2, -0.15) is 0 Å². The predicted molar refractivity (Wildman–Crippen MR) is 481 cm³/mol. The number of hydrogen-bond acceptors (Lipinski definition) is 22. The number of nitrogens with zero attached hydrogens (tertiary/aromatic N) is 6. The number of para-hydroxylation sites is 2. The van der Waals surface area contributed by atoms with Gasteiger partial charge in [0.05, 0.1) is 42.6 Å². The van der Waals surface area contributed by atoms with Crippen LogP contribution >= 0.6 is 27.7 Å². The largest absolute Gasteiger partial charge is 0.507 e. The minimum atomic E-state index is -1.76. The summed E-state index contributed by atoms with van der Waals surface area (Å²) in [5.74, 6) is -16.6. The highest BCUT2D eigenvalue weighted by Gasteiger charge is 2.43. The molecule has 8 rings (SSSR count). The van der Waals surface area contributed by atoms with Crippen LogP contribution in [0.25, 0.3) is 21.8 Å². The fourth-order valence-corrected chi connectivity index (χ4v) is 16.6. The number of unbranched alkanes of at least 4 members (excludes halogenated alkanes) is 1. The van der Waals surface area contributed by atoms with Gasteiger partial charge >= 0.3 is 0 Å². The van der Waals surface area contributed by atoms with Crippen molar-refractivity contribution in [1.29, 1.82) is 0 Å². The highest BCUT2D eigenvalue weighted by Crippen LogP contribution is 2.28. The summed E-state index contributed by atoms with van der Waals surface area (Å²) >= 11 is 4.04. The normalized spacial score (nSPS) is 23.3. The Hall–Kier alpha value is -12.5. The van der Waals surface area contributed by atoms with Gasteiger partial charge in [0, 0.05) is 112 Å². The molecule has 43 heteroatoms. The van der Waals surface area contributed by atoms with Crippen LogP contribution in [0.3, 0.4) is 0 Å². The number of H-pyrrole nitrogens is 3. The van der Waals surface area contributed by atoms with E-state index >= 15 is 19.2 Å². The molecule has 2 saturated heterocycles. The molecule has 0 spiro atoms. The van der Waals surface area contributed by atoms with Crippen LogP contribution in [0.1, 0.15) is 121 Å². The third-order valence-electron chi connectivity index (χ3n) is 22.3. The molecule has 12 atom stereocenters. The highest BCUT2D eigenvalue weighted by molar-refractivity contribution is 9.10. The number of thioether (sulfide) groups is 1. The van der Waals surface area contributed by atoms with E-state index in [2.05, 4.69) is 89.0 Å². The van der Waals surface area contributed by atoms with E-state index in [9.17, 15) is 67.4 Å². The van der Waals surface area contributed by atoms with Gasteiger partial charge in [0.15, 0.2) is 0 Å². The molecule has 22 N–H and O–H groups in total. The zero-order valence-electron chi connectivity index (χ0n) is 73.6. The lowest BCUT2D eigenvalue weighted by molar-refractivity contribution is -0.148. The van der Waals surface area contributed by atoms with E-state index in [1.165, 1.54) is 68.6 Å². The minimum absolute atomic E-state index is 0.00979. The molecule has 41 nitrogen and oxygen atoms in total. The molecule has 0 bridgehead atoms. The molecular formula is C86H120BrN23O18S. The van der Waals surface area contributed by atoms with Crippen LogP contribution in [-0.2, 0) is 107 Å². The lowest BCUT2D eigenvalue weighted by Crippen LogP contribution is -2.60. The SMILES string of the molecule is CCCC[C@H]1C(=O)N(CCC)CC(=O)N[C@@H](CCN)C(=O)N[C@H](C(=O)NCC(N)=O)CSCC(=O)N[C@@H](Cc2ccc(O)c(Br)c2)C(=O)N(C)[C@@H](C)C(=O)N[C@@H](CC(N)=O)C(=O)N2CCC[C@H]2C(=O)N[C@@H](Cc2cnc[nH]2)C(=O)N[C@@H](CC(C)C)C(=O)N(C)CC(=O)N[C@@H](Cc2c[nH]c3ccccc23)C(=O)N[C@@H](CCN)C(=O)N[C@@H](Cc2c[nH]c3ccccc23)C(=O)N1C. The molecule has 0 unspecified atom stereocenters. The average molecular weight is 1880 g/mol. The van der Waals surface area contributed by atoms with Gasteiger partial charge in [0.1, 0.15) is 78.3 Å². The number of primary amides is 2. The molecule has 3 aromatic carbocycles. The average Bonchev–Trinajstić information content (AvgIpc) is 1.71. The maximum Gasteiger partial charge on any atom is 0.246 e. The number of amides is 17. The van der Waals surface area contributed by atoms with Gasteiger partial charge in [-0.3, -0.25) is 81.5 Å². The molecule has 3 aromatic heterocycles. The molecule has 0 radical (unpaired) electrons. The zero-order chi connectivity index (χ0) is 94.5. The lowest BCUT2D eigenvalue weighted by Gasteiger charge is -2.35. The molecule has 2 aliphatic heterocycles. The number of aromatic amines is 3. The van der Waals surface area contributed by atoms with Gasteiger partial charge < -0.3 is 121 Å². The molecule has 700 valence electrons. The summed E-state index contributed by atoms with van der Waals surface area (Å²) in [5, 5.41) is 38.3. The van der Waals surface area contributed by atoms with Crippen LogP contribution in [0.5, 0.6) is 5.75 Å². The number of nitrogens with two attached hydrogens (primary N) is 4. The molecule has 5 heterocycles. The van der Waals surface area contributed by atoms with E-state index < -0.39 is 210 Å². The van der Waals surface area contributed by atoms with E-state index in [-0.39, 0.29) is 113 Å². The van der Waals surface area contributed by atoms with E-state index in [1.54, 1.807) is 69.6 Å². The number of phenols is 1. The number of benzene rings is 3. The van der Waals surface area contributed by atoms with E-state index in [1.807, 2.05) is 19.1 Å². The molecule has 0 saturated carbocycles. The number of nitrogens with one attached hydrogen (secondary N) is 13. The number of aromatic nitrogens is 4. The Balaban J connectivity index is 1.16. The summed E-state index contributed by atoms with van der Waals surface area (Å²) in [6, 6.07) is 0.739. The second-order valence-corrected chi connectivity index (χ2v) is 34.5. The number of imidazole rings is 1. The molecule has 0 aliphatic carbocycles. The van der Waals surface area contributed by atoms with Crippen LogP contribution in [0, 0.1) is 5.92 Å². The van der Waals surface area contributed by atoms with E-state index in [0.29, 0.717) is 57.0 Å². The number of carbonyl (C=O) groups excluding carboxylic acids is 17. The van der Waals surface area contributed by atoms with Crippen LogP contribution in [0.4, 0.5) is 0 Å². The number of carbonyl (C=O) groups is 17. The summed E-state index contributed by atoms with van der Waals surface area (Å²) in [7, 11) is 3.91.